The predicted octanol–water partition coefficient (Wildman–Crippen LogP) is 2.69. The number of unbranched alkanes of at least 4 members (excludes halogenated alkanes) is 2. The van der Waals surface area contributed by atoms with Gasteiger partial charge in [0.2, 0.25) is 5.91 Å². The Morgan fingerprint density at radius 3 is 2.90 bits per heavy atom. The van der Waals surface area contributed by atoms with E-state index in [0.29, 0.717) is 0 Å². The van der Waals surface area contributed by atoms with Crippen LogP contribution >= 0.6 is 0 Å². The van der Waals surface area contributed by atoms with Crippen LogP contribution in [0.15, 0.2) is 24.3 Å². The van der Waals surface area contributed by atoms with Crippen molar-refractivity contribution < 1.29 is 4.79 Å². The highest BCUT2D eigenvalue weighted by atomic mass is 16.2. The van der Waals surface area contributed by atoms with Gasteiger partial charge in [0.25, 0.3) is 0 Å². The Morgan fingerprint density at radius 2 is 2.10 bits per heavy atom. The molecule has 3 heteroatoms. The van der Waals surface area contributed by atoms with Crippen LogP contribution in [0.2, 0.25) is 0 Å². The molecule has 1 aliphatic rings. The topological polar surface area (TPSA) is 46.3 Å². The molecule has 1 atom stereocenters. The Balaban J connectivity index is 1.96. The number of nitrogens with zero attached hydrogens (tertiary/aromatic N) is 1. The number of benzene rings is 1. The van der Waals surface area contributed by atoms with Crippen molar-refractivity contribution in [2.75, 3.05) is 20.1 Å². The first-order chi connectivity index (χ1) is 9.74. The summed E-state index contributed by atoms with van der Waals surface area (Å²) in [6, 6.07) is 8.41. The molecule has 1 unspecified atom stereocenters. The summed E-state index contributed by atoms with van der Waals surface area (Å²) in [5.41, 5.74) is 8.10. The van der Waals surface area contributed by atoms with Crippen LogP contribution in [0.3, 0.4) is 0 Å². The standard InChI is InChI=1S/C17H26N2O/c1-19(13-6-2-5-12-18)17(20)16-11-7-9-14-8-3-4-10-15(14)16/h3-4,8,10,16H,2,5-7,9,11-13,18H2,1H3. The van der Waals surface area contributed by atoms with Crippen LogP contribution in [0.1, 0.15) is 49.1 Å². The number of likely N-dealkylation sites (N-methyl/N-ethyl adjacent to an activating group) is 1. The highest BCUT2D eigenvalue weighted by Gasteiger charge is 2.27. The van der Waals surface area contributed by atoms with Crippen molar-refractivity contribution in [1.82, 2.24) is 4.90 Å². The first-order valence-corrected chi connectivity index (χ1v) is 7.77. The van der Waals surface area contributed by atoms with E-state index in [1.54, 1.807) is 0 Å². The van der Waals surface area contributed by atoms with E-state index in [2.05, 4.69) is 18.2 Å². The first kappa shape index (κ1) is 15.0. The third-order valence-electron chi connectivity index (χ3n) is 4.24. The fraction of sp³-hybridized carbons (Fsp3) is 0.588. The summed E-state index contributed by atoms with van der Waals surface area (Å²) in [5, 5.41) is 0. The third kappa shape index (κ3) is 3.60. The molecular weight excluding hydrogens is 248 g/mol. The van der Waals surface area contributed by atoms with Crippen LogP contribution in [0.25, 0.3) is 0 Å². The molecule has 1 aromatic carbocycles. The van der Waals surface area contributed by atoms with Crippen molar-refractivity contribution >= 4 is 5.91 Å². The number of hydrogen-bond acceptors (Lipinski definition) is 2. The average molecular weight is 274 g/mol. The number of hydrogen-bond donors (Lipinski definition) is 1. The number of fused-ring (bicyclic) bond motifs is 1. The lowest BCUT2D eigenvalue weighted by Crippen LogP contribution is -2.34. The smallest absolute Gasteiger partial charge is 0.229 e. The zero-order valence-electron chi connectivity index (χ0n) is 12.5. The lowest BCUT2D eigenvalue weighted by Gasteiger charge is -2.28. The summed E-state index contributed by atoms with van der Waals surface area (Å²) in [4.78, 5) is 14.5. The summed E-state index contributed by atoms with van der Waals surface area (Å²) >= 11 is 0. The second-order valence-electron chi connectivity index (χ2n) is 5.75. The van der Waals surface area contributed by atoms with Gasteiger partial charge in [-0.05, 0) is 49.8 Å². The Labute approximate surface area is 122 Å². The molecule has 1 aliphatic carbocycles. The van der Waals surface area contributed by atoms with Gasteiger partial charge in [-0.15, -0.1) is 0 Å². The molecule has 0 aliphatic heterocycles. The summed E-state index contributed by atoms with van der Waals surface area (Å²) in [6.07, 6.45) is 6.43. The first-order valence-electron chi connectivity index (χ1n) is 7.77. The second kappa shape index (κ2) is 7.44. The van der Waals surface area contributed by atoms with Gasteiger partial charge in [-0.3, -0.25) is 4.79 Å². The maximum absolute atomic E-state index is 12.6. The Hall–Kier alpha value is -1.35. The molecule has 0 bridgehead atoms. The average Bonchev–Trinajstić information content (AvgIpc) is 2.50. The molecule has 0 fully saturated rings. The van der Waals surface area contributed by atoms with Gasteiger partial charge in [-0.2, -0.15) is 0 Å². The molecule has 0 saturated carbocycles. The molecule has 0 aromatic heterocycles. The Kier molecular flexibility index (Phi) is 5.60. The quantitative estimate of drug-likeness (QED) is 0.811. The second-order valence-corrected chi connectivity index (χ2v) is 5.75. The highest BCUT2D eigenvalue weighted by molar-refractivity contribution is 5.84. The molecule has 2 rings (SSSR count). The van der Waals surface area contributed by atoms with E-state index in [1.165, 1.54) is 11.1 Å². The zero-order valence-corrected chi connectivity index (χ0v) is 12.5. The summed E-state index contributed by atoms with van der Waals surface area (Å²) in [6.45, 7) is 1.59. The molecule has 0 saturated heterocycles. The highest BCUT2D eigenvalue weighted by Crippen LogP contribution is 2.32. The van der Waals surface area contributed by atoms with Crippen molar-refractivity contribution in [3.8, 4) is 0 Å². The minimum absolute atomic E-state index is 0.0689. The van der Waals surface area contributed by atoms with Crippen molar-refractivity contribution in [2.24, 2.45) is 5.73 Å². The van der Waals surface area contributed by atoms with Gasteiger partial charge >= 0.3 is 0 Å². The van der Waals surface area contributed by atoms with E-state index in [-0.39, 0.29) is 11.8 Å². The molecule has 0 heterocycles. The van der Waals surface area contributed by atoms with E-state index in [0.717, 1.165) is 51.6 Å². The molecule has 2 N–H and O–H groups in total. The van der Waals surface area contributed by atoms with Crippen LogP contribution in [-0.4, -0.2) is 30.9 Å². The molecule has 1 aromatic rings. The van der Waals surface area contributed by atoms with Crippen LogP contribution < -0.4 is 5.73 Å². The fourth-order valence-electron chi connectivity index (χ4n) is 3.06. The lowest BCUT2D eigenvalue weighted by atomic mass is 9.82. The van der Waals surface area contributed by atoms with Gasteiger partial charge in [0.15, 0.2) is 0 Å². The van der Waals surface area contributed by atoms with Gasteiger partial charge in [0, 0.05) is 13.6 Å². The number of nitrogens with two attached hydrogens (primary N) is 1. The zero-order chi connectivity index (χ0) is 14.4. The molecular formula is C17H26N2O. The van der Waals surface area contributed by atoms with Crippen LogP contribution in [0.4, 0.5) is 0 Å². The molecule has 0 spiro atoms. The maximum Gasteiger partial charge on any atom is 0.229 e. The summed E-state index contributed by atoms with van der Waals surface area (Å²) < 4.78 is 0. The molecule has 110 valence electrons. The minimum atomic E-state index is 0.0689. The molecule has 20 heavy (non-hydrogen) atoms. The van der Waals surface area contributed by atoms with Gasteiger partial charge in [0.05, 0.1) is 5.92 Å². The summed E-state index contributed by atoms with van der Waals surface area (Å²) in [5.74, 6) is 0.351. The van der Waals surface area contributed by atoms with E-state index in [9.17, 15) is 4.79 Å². The molecule has 3 nitrogen and oxygen atoms in total. The van der Waals surface area contributed by atoms with Gasteiger partial charge in [-0.1, -0.05) is 30.7 Å². The molecule has 0 radical (unpaired) electrons. The SMILES string of the molecule is CN(CCCCCN)C(=O)C1CCCc2ccccc21. The van der Waals surface area contributed by atoms with Crippen molar-refractivity contribution in [3.05, 3.63) is 35.4 Å². The minimum Gasteiger partial charge on any atom is -0.345 e. The van der Waals surface area contributed by atoms with E-state index >= 15 is 0 Å². The number of aryl methyl sites for hydroxylation is 1. The van der Waals surface area contributed by atoms with Gasteiger partial charge < -0.3 is 10.6 Å². The number of rotatable bonds is 6. The number of amides is 1. The van der Waals surface area contributed by atoms with Gasteiger partial charge in [-0.25, -0.2) is 0 Å². The van der Waals surface area contributed by atoms with Crippen molar-refractivity contribution in [1.29, 1.82) is 0 Å². The largest absolute Gasteiger partial charge is 0.345 e. The molecule has 1 amide bonds. The van der Waals surface area contributed by atoms with Gasteiger partial charge in [0.1, 0.15) is 0 Å². The Morgan fingerprint density at radius 1 is 1.30 bits per heavy atom. The van der Waals surface area contributed by atoms with E-state index in [1.807, 2.05) is 18.0 Å². The maximum atomic E-state index is 12.6. The number of carbonyl (C=O) groups excluding carboxylic acids is 1. The normalized spacial score (nSPS) is 17.6. The lowest BCUT2D eigenvalue weighted by molar-refractivity contribution is -0.131. The van der Waals surface area contributed by atoms with E-state index in [4.69, 9.17) is 5.73 Å². The number of carbonyl (C=O) groups is 1. The van der Waals surface area contributed by atoms with E-state index < -0.39 is 0 Å². The van der Waals surface area contributed by atoms with Crippen LogP contribution in [-0.2, 0) is 11.2 Å². The van der Waals surface area contributed by atoms with Crippen LogP contribution in [0, 0.1) is 0 Å². The summed E-state index contributed by atoms with van der Waals surface area (Å²) in [7, 11) is 1.93. The third-order valence-corrected chi connectivity index (χ3v) is 4.24. The van der Waals surface area contributed by atoms with Crippen molar-refractivity contribution in [3.63, 3.8) is 0 Å². The fourth-order valence-corrected chi connectivity index (χ4v) is 3.06. The predicted molar refractivity (Wildman–Crippen MR) is 82.7 cm³/mol. The van der Waals surface area contributed by atoms with Crippen molar-refractivity contribution in [2.45, 2.75) is 44.4 Å². The Bertz CT molecular complexity index is 444. The van der Waals surface area contributed by atoms with Crippen LogP contribution in [0.5, 0.6) is 0 Å². The monoisotopic (exact) mass is 274 g/mol.